The minimum atomic E-state index is -0.773. The minimum Gasteiger partial charge on any atom is -0.463 e. The van der Waals surface area contributed by atoms with Crippen molar-refractivity contribution >= 4 is 11.9 Å². The van der Waals surface area contributed by atoms with Gasteiger partial charge in [-0.15, -0.1) is 0 Å². The number of cyclic esters (lactones) is 1. The monoisotopic (exact) mass is 330 g/mol. The average Bonchev–Trinajstić information content (AvgIpc) is 2.89. The maximum atomic E-state index is 12.2. The van der Waals surface area contributed by atoms with E-state index in [0.717, 1.165) is 5.56 Å². The highest BCUT2D eigenvalue weighted by atomic mass is 16.6. The number of carbonyl (C=O) groups is 2. The second-order valence-corrected chi connectivity index (χ2v) is 7.56. The first kappa shape index (κ1) is 18.2. The van der Waals surface area contributed by atoms with Crippen molar-refractivity contribution in [3.8, 4) is 0 Å². The zero-order valence-corrected chi connectivity index (χ0v) is 15.1. The second-order valence-electron chi connectivity index (χ2n) is 7.56. The number of ether oxygens (including phenoxy) is 2. The molecule has 0 bridgehead atoms. The Balaban J connectivity index is 2.15. The smallest absolute Gasteiger partial charge is 0.347 e. The molecule has 1 aromatic carbocycles. The molecule has 4 heteroatoms. The summed E-state index contributed by atoms with van der Waals surface area (Å²) in [5.41, 5.74) is 2.94. The van der Waals surface area contributed by atoms with Crippen LogP contribution in [0, 0.1) is 5.41 Å². The Bertz CT molecular complexity index is 631. The van der Waals surface area contributed by atoms with Gasteiger partial charge in [-0.05, 0) is 37.0 Å². The first-order valence-corrected chi connectivity index (χ1v) is 8.31. The number of hydrogen-bond acceptors (Lipinski definition) is 4. The van der Waals surface area contributed by atoms with Gasteiger partial charge >= 0.3 is 11.9 Å². The molecule has 1 fully saturated rings. The molecule has 0 N–H and O–H groups in total. The van der Waals surface area contributed by atoms with Gasteiger partial charge in [0.05, 0.1) is 12.2 Å². The van der Waals surface area contributed by atoms with E-state index in [1.807, 2.05) is 12.1 Å². The van der Waals surface area contributed by atoms with Gasteiger partial charge in [-0.25, -0.2) is 9.59 Å². The SMILES string of the molecule is CC(C)=CC(c1ccc(C(=O)OC2CCOC2=O)cc1)C(C)(C)C. The summed E-state index contributed by atoms with van der Waals surface area (Å²) in [5.74, 6) is -0.686. The molecule has 0 saturated carbocycles. The van der Waals surface area contributed by atoms with E-state index in [0.29, 0.717) is 18.6 Å². The minimum absolute atomic E-state index is 0.0763. The van der Waals surface area contributed by atoms with Gasteiger partial charge in [0.1, 0.15) is 0 Å². The number of rotatable bonds is 4. The van der Waals surface area contributed by atoms with Crippen molar-refractivity contribution < 1.29 is 19.1 Å². The molecule has 1 saturated heterocycles. The van der Waals surface area contributed by atoms with Gasteiger partial charge in [0.15, 0.2) is 0 Å². The Hall–Kier alpha value is -2.10. The van der Waals surface area contributed by atoms with Gasteiger partial charge in [-0.2, -0.15) is 0 Å². The van der Waals surface area contributed by atoms with Crippen molar-refractivity contribution in [2.75, 3.05) is 6.61 Å². The maximum Gasteiger partial charge on any atom is 0.347 e. The summed E-state index contributed by atoms with van der Waals surface area (Å²) < 4.78 is 10.0. The zero-order valence-electron chi connectivity index (χ0n) is 15.1. The molecule has 0 spiro atoms. The van der Waals surface area contributed by atoms with E-state index in [9.17, 15) is 9.59 Å². The van der Waals surface area contributed by atoms with Crippen molar-refractivity contribution in [2.24, 2.45) is 5.41 Å². The van der Waals surface area contributed by atoms with Crippen LogP contribution in [0.1, 0.15) is 62.9 Å². The van der Waals surface area contributed by atoms with Gasteiger partial charge in [0, 0.05) is 12.3 Å². The van der Waals surface area contributed by atoms with Crippen LogP contribution in [0.25, 0.3) is 0 Å². The van der Waals surface area contributed by atoms with E-state index < -0.39 is 18.0 Å². The third-order valence-corrected chi connectivity index (χ3v) is 4.08. The molecular weight excluding hydrogens is 304 g/mol. The lowest BCUT2D eigenvalue weighted by Gasteiger charge is -2.29. The van der Waals surface area contributed by atoms with Crippen LogP contribution in [-0.2, 0) is 14.3 Å². The molecular formula is C20H26O4. The number of carbonyl (C=O) groups excluding carboxylic acids is 2. The van der Waals surface area contributed by atoms with Crippen LogP contribution in [0.3, 0.4) is 0 Å². The quantitative estimate of drug-likeness (QED) is 0.611. The van der Waals surface area contributed by atoms with Crippen LogP contribution in [-0.4, -0.2) is 24.6 Å². The molecule has 0 radical (unpaired) electrons. The van der Waals surface area contributed by atoms with Crippen molar-refractivity contribution in [3.63, 3.8) is 0 Å². The topological polar surface area (TPSA) is 52.6 Å². The Kier molecular flexibility index (Phi) is 5.47. The summed E-state index contributed by atoms with van der Waals surface area (Å²) in [5, 5.41) is 0. The van der Waals surface area contributed by atoms with Gasteiger partial charge in [-0.3, -0.25) is 0 Å². The van der Waals surface area contributed by atoms with Gasteiger partial charge in [-0.1, -0.05) is 44.6 Å². The first-order valence-electron chi connectivity index (χ1n) is 8.31. The second kappa shape index (κ2) is 7.20. The van der Waals surface area contributed by atoms with Crippen LogP contribution < -0.4 is 0 Å². The number of esters is 2. The van der Waals surface area contributed by atoms with Gasteiger partial charge in [0.25, 0.3) is 0 Å². The van der Waals surface area contributed by atoms with E-state index in [-0.39, 0.29) is 11.3 Å². The predicted molar refractivity (Wildman–Crippen MR) is 92.8 cm³/mol. The maximum absolute atomic E-state index is 12.2. The van der Waals surface area contributed by atoms with Crippen molar-refractivity contribution in [2.45, 2.75) is 53.1 Å². The molecule has 0 amide bonds. The number of allylic oxidation sites excluding steroid dienone is 2. The Morgan fingerprint density at radius 3 is 2.33 bits per heavy atom. The molecule has 2 atom stereocenters. The Morgan fingerprint density at radius 1 is 1.25 bits per heavy atom. The zero-order chi connectivity index (χ0) is 17.9. The molecule has 4 nitrogen and oxygen atoms in total. The molecule has 2 unspecified atom stereocenters. The fourth-order valence-corrected chi connectivity index (χ4v) is 2.79. The standard InChI is InChI=1S/C20H26O4/c1-13(2)12-16(20(3,4)5)14-6-8-15(9-7-14)18(21)24-17-10-11-23-19(17)22/h6-9,12,16-17H,10-11H2,1-5H3. The van der Waals surface area contributed by atoms with Gasteiger partial charge in [0.2, 0.25) is 6.10 Å². The molecule has 130 valence electrons. The van der Waals surface area contributed by atoms with E-state index in [1.165, 1.54) is 5.57 Å². The fraction of sp³-hybridized carbons (Fsp3) is 0.500. The highest BCUT2D eigenvalue weighted by Gasteiger charge is 2.30. The fourth-order valence-electron chi connectivity index (χ4n) is 2.79. The Labute approximate surface area is 143 Å². The van der Waals surface area contributed by atoms with Crippen LogP contribution in [0.5, 0.6) is 0 Å². The third-order valence-electron chi connectivity index (χ3n) is 4.08. The highest BCUT2D eigenvalue weighted by Crippen LogP contribution is 2.37. The normalized spacial score (nSPS) is 18.7. The summed E-state index contributed by atoms with van der Waals surface area (Å²) in [7, 11) is 0. The molecule has 0 aromatic heterocycles. The summed E-state index contributed by atoms with van der Waals surface area (Å²) in [6.45, 7) is 11.1. The van der Waals surface area contributed by atoms with E-state index >= 15 is 0 Å². The first-order chi connectivity index (χ1) is 11.2. The molecule has 0 aliphatic carbocycles. The lowest BCUT2D eigenvalue weighted by Crippen LogP contribution is -2.22. The van der Waals surface area contributed by atoms with Gasteiger partial charge < -0.3 is 9.47 Å². The van der Waals surface area contributed by atoms with E-state index in [2.05, 4.69) is 40.7 Å². The lowest BCUT2D eigenvalue weighted by molar-refractivity contribution is -0.145. The van der Waals surface area contributed by atoms with Crippen LogP contribution in [0.4, 0.5) is 0 Å². The van der Waals surface area contributed by atoms with Crippen molar-refractivity contribution in [3.05, 3.63) is 47.0 Å². The lowest BCUT2D eigenvalue weighted by atomic mass is 9.75. The summed E-state index contributed by atoms with van der Waals surface area (Å²) in [4.78, 5) is 23.6. The van der Waals surface area contributed by atoms with Crippen LogP contribution in [0.15, 0.2) is 35.9 Å². The van der Waals surface area contributed by atoms with Crippen LogP contribution >= 0.6 is 0 Å². The van der Waals surface area contributed by atoms with E-state index in [4.69, 9.17) is 9.47 Å². The molecule has 1 aromatic rings. The average molecular weight is 330 g/mol. The number of benzene rings is 1. The van der Waals surface area contributed by atoms with E-state index in [1.54, 1.807) is 12.1 Å². The summed E-state index contributed by atoms with van der Waals surface area (Å²) in [6, 6.07) is 7.43. The largest absolute Gasteiger partial charge is 0.463 e. The summed E-state index contributed by atoms with van der Waals surface area (Å²) in [6.07, 6.45) is 1.90. The molecule has 24 heavy (non-hydrogen) atoms. The van der Waals surface area contributed by atoms with Crippen molar-refractivity contribution in [1.29, 1.82) is 0 Å². The highest BCUT2D eigenvalue weighted by molar-refractivity contribution is 5.91. The summed E-state index contributed by atoms with van der Waals surface area (Å²) >= 11 is 0. The third kappa shape index (κ3) is 4.47. The Morgan fingerprint density at radius 2 is 1.88 bits per heavy atom. The predicted octanol–water partition coefficient (Wildman–Crippen LogP) is 4.25. The molecule has 1 aliphatic rings. The molecule has 2 rings (SSSR count). The van der Waals surface area contributed by atoms with Crippen molar-refractivity contribution in [1.82, 2.24) is 0 Å². The molecule has 1 aliphatic heterocycles. The number of hydrogen-bond donors (Lipinski definition) is 0. The molecule has 1 heterocycles. The van der Waals surface area contributed by atoms with Crippen LogP contribution in [0.2, 0.25) is 0 Å².